The monoisotopic (exact) mass is 293 g/mol. The van der Waals surface area contributed by atoms with E-state index in [0.717, 1.165) is 31.1 Å². The molecule has 0 spiro atoms. The Hall–Kier alpha value is -2.59. The van der Waals surface area contributed by atoms with Crippen molar-refractivity contribution < 1.29 is 4.42 Å². The van der Waals surface area contributed by atoms with E-state index in [2.05, 4.69) is 40.8 Å². The molecule has 0 amide bonds. The summed E-state index contributed by atoms with van der Waals surface area (Å²) in [5.74, 6) is 0.968. The molecule has 2 heterocycles. The summed E-state index contributed by atoms with van der Waals surface area (Å²) in [4.78, 5) is 2.29. The van der Waals surface area contributed by atoms with Gasteiger partial charge in [-0.1, -0.05) is 18.2 Å². The van der Waals surface area contributed by atoms with Crippen LogP contribution in [0.2, 0.25) is 0 Å². The van der Waals surface area contributed by atoms with Crippen LogP contribution < -0.4 is 0 Å². The van der Waals surface area contributed by atoms with Gasteiger partial charge < -0.3 is 4.42 Å². The highest BCUT2D eigenvalue weighted by Crippen LogP contribution is 2.13. The van der Waals surface area contributed by atoms with Gasteiger partial charge in [-0.25, -0.2) is 4.68 Å². The molecule has 0 saturated heterocycles. The van der Waals surface area contributed by atoms with Crippen LogP contribution in [-0.2, 0) is 13.1 Å². The van der Waals surface area contributed by atoms with E-state index >= 15 is 0 Å². The molecule has 0 aliphatic heterocycles. The maximum absolute atomic E-state index is 5.43. The molecule has 0 fully saturated rings. The Balaban J connectivity index is 1.68. The number of hydrogen-bond donors (Lipinski definition) is 0. The molecule has 3 aromatic rings. The van der Waals surface area contributed by atoms with Crippen LogP contribution in [0.3, 0.4) is 0 Å². The van der Waals surface area contributed by atoms with E-state index in [1.807, 2.05) is 35.2 Å². The molecule has 0 aliphatic carbocycles. The van der Waals surface area contributed by atoms with E-state index in [1.54, 1.807) is 12.5 Å². The Bertz CT molecular complexity index is 685. The summed E-state index contributed by atoms with van der Waals surface area (Å²) in [5.41, 5.74) is 2.32. The van der Waals surface area contributed by atoms with Gasteiger partial charge in [0.15, 0.2) is 0 Å². The molecule has 112 valence electrons. The number of aromatic nitrogens is 2. The first kappa shape index (κ1) is 14.4. The molecule has 0 atom stereocenters. The molecular weight excluding hydrogens is 274 g/mol. The lowest BCUT2D eigenvalue weighted by molar-refractivity contribution is 0.260. The highest BCUT2D eigenvalue weighted by atomic mass is 16.3. The summed E-state index contributed by atoms with van der Waals surface area (Å²) >= 11 is 0. The van der Waals surface area contributed by atoms with Gasteiger partial charge in [-0.2, -0.15) is 5.10 Å². The number of nitrogens with zero attached hydrogens (tertiary/aromatic N) is 3. The molecule has 1 aromatic carbocycles. The Morgan fingerprint density at radius 2 is 2.00 bits per heavy atom. The fraction of sp³-hybridized carbons (Fsp3) is 0.167. The highest BCUT2D eigenvalue weighted by Gasteiger charge is 2.07. The molecule has 0 aliphatic rings. The Morgan fingerprint density at radius 1 is 1.14 bits per heavy atom. The van der Waals surface area contributed by atoms with E-state index in [-0.39, 0.29) is 0 Å². The van der Waals surface area contributed by atoms with Gasteiger partial charge in [-0.05, 0) is 35.9 Å². The van der Waals surface area contributed by atoms with Crippen molar-refractivity contribution in [1.82, 2.24) is 14.7 Å². The van der Waals surface area contributed by atoms with Crippen molar-refractivity contribution in [3.8, 4) is 5.69 Å². The predicted octanol–water partition coefficient (Wildman–Crippen LogP) is 3.65. The van der Waals surface area contributed by atoms with Crippen LogP contribution in [0.5, 0.6) is 0 Å². The maximum atomic E-state index is 5.43. The van der Waals surface area contributed by atoms with Gasteiger partial charge >= 0.3 is 0 Å². The smallest absolute Gasteiger partial charge is 0.117 e. The van der Waals surface area contributed by atoms with E-state index < -0.39 is 0 Å². The van der Waals surface area contributed by atoms with Crippen LogP contribution >= 0.6 is 0 Å². The molecule has 0 saturated carbocycles. The van der Waals surface area contributed by atoms with Gasteiger partial charge in [0.05, 0.1) is 18.5 Å². The summed E-state index contributed by atoms with van der Waals surface area (Å²) in [6, 6.07) is 14.3. The summed E-state index contributed by atoms with van der Waals surface area (Å²) < 4.78 is 7.28. The first-order chi connectivity index (χ1) is 10.8. The van der Waals surface area contributed by atoms with E-state index in [1.165, 1.54) is 5.56 Å². The van der Waals surface area contributed by atoms with Crippen molar-refractivity contribution in [2.45, 2.75) is 13.1 Å². The van der Waals surface area contributed by atoms with Crippen LogP contribution in [0.15, 0.2) is 78.2 Å². The fourth-order valence-corrected chi connectivity index (χ4v) is 2.42. The summed E-state index contributed by atoms with van der Waals surface area (Å²) in [6.07, 6.45) is 7.35. The second-order valence-electron chi connectivity index (χ2n) is 5.15. The van der Waals surface area contributed by atoms with Gasteiger partial charge in [0.1, 0.15) is 5.76 Å². The highest BCUT2D eigenvalue weighted by molar-refractivity contribution is 5.33. The van der Waals surface area contributed by atoms with Crippen LogP contribution in [0.25, 0.3) is 5.69 Å². The minimum atomic E-state index is 0.778. The fourth-order valence-electron chi connectivity index (χ4n) is 2.42. The van der Waals surface area contributed by atoms with Crippen LogP contribution in [0, 0.1) is 0 Å². The third-order valence-corrected chi connectivity index (χ3v) is 3.46. The van der Waals surface area contributed by atoms with Gasteiger partial charge in [0.2, 0.25) is 0 Å². The number of rotatable bonds is 7. The van der Waals surface area contributed by atoms with Crippen molar-refractivity contribution in [2.75, 3.05) is 6.54 Å². The minimum absolute atomic E-state index is 0.778. The Morgan fingerprint density at radius 3 is 2.64 bits per heavy atom. The molecule has 22 heavy (non-hydrogen) atoms. The predicted molar refractivity (Wildman–Crippen MR) is 86.6 cm³/mol. The zero-order valence-electron chi connectivity index (χ0n) is 12.4. The molecule has 0 bridgehead atoms. The van der Waals surface area contributed by atoms with Crippen LogP contribution in [0.1, 0.15) is 11.3 Å². The summed E-state index contributed by atoms with van der Waals surface area (Å²) in [5, 5.41) is 4.24. The first-order valence-electron chi connectivity index (χ1n) is 7.30. The largest absolute Gasteiger partial charge is 0.468 e. The third-order valence-electron chi connectivity index (χ3n) is 3.46. The third kappa shape index (κ3) is 3.54. The van der Waals surface area contributed by atoms with Crippen molar-refractivity contribution in [3.63, 3.8) is 0 Å². The van der Waals surface area contributed by atoms with Crippen molar-refractivity contribution in [3.05, 3.63) is 85.1 Å². The van der Waals surface area contributed by atoms with Crippen molar-refractivity contribution in [2.24, 2.45) is 0 Å². The van der Waals surface area contributed by atoms with Gasteiger partial charge in [-0.15, -0.1) is 6.58 Å². The molecule has 4 nitrogen and oxygen atoms in total. The maximum Gasteiger partial charge on any atom is 0.117 e. The lowest BCUT2D eigenvalue weighted by atomic mass is 10.2. The SMILES string of the molecule is C=CCN(Cc1ccc(-n2cccn2)cc1)Cc1ccco1. The summed E-state index contributed by atoms with van der Waals surface area (Å²) in [7, 11) is 0. The lowest BCUT2D eigenvalue weighted by Crippen LogP contribution is -2.22. The van der Waals surface area contributed by atoms with Gasteiger partial charge in [0, 0.05) is 25.5 Å². The minimum Gasteiger partial charge on any atom is -0.468 e. The van der Waals surface area contributed by atoms with E-state index in [4.69, 9.17) is 4.42 Å². The summed E-state index contributed by atoms with van der Waals surface area (Å²) in [6.45, 7) is 6.29. The van der Waals surface area contributed by atoms with Crippen LogP contribution in [-0.4, -0.2) is 21.2 Å². The number of furan rings is 1. The molecule has 0 unspecified atom stereocenters. The number of hydrogen-bond acceptors (Lipinski definition) is 3. The van der Waals surface area contributed by atoms with Crippen molar-refractivity contribution in [1.29, 1.82) is 0 Å². The average molecular weight is 293 g/mol. The normalized spacial score (nSPS) is 11.0. The zero-order chi connectivity index (χ0) is 15.2. The first-order valence-corrected chi connectivity index (χ1v) is 7.30. The van der Waals surface area contributed by atoms with E-state index in [0.29, 0.717) is 0 Å². The average Bonchev–Trinajstić information content (AvgIpc) is 3.21. The van der Waals surface area contributed by atoms with Crippen molar-refractivity contribution >= 4 is 0 Å². The quantitative estimate of drug-likeness (QED) is 0.624. The molecule has 2 aromatic heterocycles. The lowest BCUT2D eigenvalue weighted by Gasteiger charge is -2.19. The second-order valence-corrected chi connectivity index (χ2v) is 5.15. The molecule has 3 rings (SSSR count). The molecule has 0 N–H and O–H groups in total. The van der Waals surface area contributed by atoms with Gasteiger partial charge in [-0.3, -0.25) is 4.90 Å². The zero-order valence-corrected chi connectivity index (χ0v) is 12.4. The molecular formula is C18H19N3O. The number of benzene rings is 1. The van der Waals surface area contributed by atoms with Crippen LogP contribution in [0.4, 0.5) is 0 Å². The Kier molecular flexibility index (Phi) is 4.51. The van der Waals surface area contributed by atoms with Gasteiger partial charge in [0.25, 0.3) is 0 Å². The topological polar surface area (TPSA) is 34.2 Å². The standard InChI is InChI=1S/C18H19N3O/c1-2-11-20(15-18-5-3-13-22-18)14-16-6-8-17(9-7-16)21-12-4-10-19-21/h2-10,12-13H,1,11,14-15H2. The second kappa shape index (κ2) is 6.91. The van der Waals surface area contributed by atoms with E-state index in [9.17, 15) is 0 Å². The Labute approximate surface area is 130 Å². The molecule has 4 heteroatoms. The molecule has 0 radical (unpaired) electrons.